The fraction of sp³-hybridized carbons (Fsp3) is 1.00. The Bertz CT molecular complexity index is 274. The molecule has 1 saturated heterocycles. The van der Waals surface area contributed by atoms with Gasteiger partial charge >= 0.3 is 0 Å². The lowest BCUT2D eigenvalue weighted by Crippen LogP contribution is -2.61. The molecule has 0 aromatic rings. The van der Waals surface area contributed by atoms with Crippen LogP contribution in [0.2, 0.25) is 0 Å². The molecule has 1 aliphatic carbocycles. The normalized spacial score (nSPS) is 37.0. The van der Waals surface area contributed by atoms with Gasteiger partial charge in [-0.25, -0.2) is 5.21 Å². The van der Waals surface area contributed by atoms with E-state index in [-0.39, 0.29) is 22.8 Å². The van der Waals surface area contributed by atoms with Crippen molar-refractivity contribution in [2.45, 2.75) is 76.8 Å². The van der Waals surface area contributed by atoms with E-state index < -0.39 is 0 Å². The molecular weight excluding hydrogens is 226 g/mol. The van der Waals surface area contributed by atoms with Gasteiger partial charge in [0.05, 0.1) is 0 Å². The molecule has 0 bridgehead atoms. The van der Waals surface area contributed by atoms with Crippen LogP contribution in [0.5, 0.6) is 0 Å². The summed E-state index contributed by atoms with van der Waals surface area (Å²) in [7, 11) is 0. The number of hydrogen-bond acceptors (Lipinski definition) is 2. The van der Waals surface area contributed by atoms with Crippen LogP contribution in [0.25, 0.3) is 0 Å². The average molecular weight is 256 g/mol. The Hall–Kier alpha value is -0.120. The summed E-state index contributed by atoms with van der Waals surface area (Å²) in [5.74, 6) is 0.683. The molecule has 2 aliphatic rings. The Morgan fingerprint density at radius 1 is 1.11 bits per heavy atom. The van der Waals surface area contributed by atoms with Crippen molar-refractivity contribution in [2.75, 3.05) is 13.2 Å². The zero-order chi connectivity index (χ0) is 13.2. The largest absolute Gasteiger partial charge is 0.396 e. The van der Waals surface area contributed by atoms with E-state index in [1.165, 1.54) is 32.1 Å². The van der Waals surface area contributed by atoms with Gasteiger partial charge in [-0.1, -0.05) is 19.3 Å². The Morgan fingerprint density at radius 2 is 1.78 bits per heavy atom. The molecule has 106 valence electrons. The molecular formula is C15H30NO2+. The number of quaternary nitrogens is 1. The Morgan fingerprint density at radius 3 is 2.39 bits per heavy atom. The minimum Gasteiger partial charge on any atom is -0.396 e. The van der Waals surface area contributed by atoms with Crippen molar-refractivity contribution in [3.8, 4) is 0 Å². The number of aliphatic hydroxyl groups is 1. The SMILES string of the molecule is CC1(C)CCC(CCO)[N+]1(O)CC1CCCCC1. The molecule has 2 rings (SSSR count). The number of likely N-dealkylation sites (tertiary alicyclic amines) is 1. The topological polar surface area (TPSA) is 40.5 Å². The van der Waals surface area contributed by atoms with Crippen LogP contribution in [0.15, 0.2) is 0 Å². The first-order valence-corrected chi connectivity index (χ1v) is 7.71. The van der Waals surface area contributed by atoms with E-state index in [4.69, 9.17) is 0 Å². The van der Waals surface area contributed by atoms with E-state index in [2.05, 4.69) is 13.8 Å². The Balaban J connectivity index is 2.07. The molecule has 0 aromatic carbocycles. The smallest absolute Gasteiger partial charge is 0.124 e. The van der Waals surface area contributed by atoms with Crippen molar-refractivity contribution >= 4 is 0 Å². The summed E-state index contributed by atoms with van der Waals surface area (Å²) in [6.07, 6.45) is 9.45. The maximum atomic E-state index is 11.2. The van der Waals surface area contributed by atoms with Gasteiger partial charge in [-0.15, -0.1) is 0 Å². The molecule has 1 heterocycles. The van der Waals surface area contributed by atoms with Crippen molar-refractivity contribution in [3.63, 3.8) is 0 Å². The van der Waals surface area contributed by atoms with Gasteiger partial charge in [-0.3, -0.25) is 0 Å². The molecule has 18 heavy (non-hydrogen) atoms. The van der Waals surface area contributed by atoms with Gasteiger partial charge in [0.25, 0.3) is 0 Å². The van der Waals surface area contributed by atoms with Crippen molar-refractivity contribution < 1.29 is 15.0 Å². The van der Waals surface area contributed by atoms with E-state index in [9.17, 15) is 10.3 Å². The second-order valence-corrected chi connectivity index (χ2v) is 7.03. The summed E-state index contributed by atoms with van der Waals surface area (Å²) in [6.45, 7) is 5.48. The molecule has 2 atom stereocenters. The fourth-order valence-corrected chi connectivity index (χ4v) is 4.09. The van der Waals surface area contributed by atoms with Crippen LogP contribution in [-0.4, -0.2) is 39.7 Å². The van der Waals surface area contributed by atoms with E-state index in [0.29, 0.717) is 5.92 Å². The molecule has 2 N–H and O–H groups in total. The van der Waals surface area contributed by atoms with Crippen LogP contribution < -0.4 is 0 Å². The highest BCUT2D eigenvalue weighted by Crippen LogP contribution is 2.43. The Kier molecular flexibility index (Phi) is 4.35. The quantitative estimate of drug-likeness (QED) is 0.759. The van der Waals surface area contributed by atoms with Crippen LogP contribution in [0.4, 0.5) is 0 Å². The van der Waals surface area contributed by atoms with Crippen molar-refractivity contribution in [1.82, 2.24) is 0 Å². The maximum absolute atomic E-state index is 11.2. The van der Waals surface area contributed by atoms with Crippen LogP contribution >= 0.6 is 0 Å². The Labute approximate surface area is 111 Å². The zero-order valence-electron chi connectivity index (χ0n) is 12.1. The highest BCUT2D eigenvalue weighted by atomic mass is 16.6. The lowest BCUT2D eigenvalue weighted by molar-refractivity contribution is -1.15. The first kappa shape index (κ1) is 14.3. The molecule has 3 nitrogen and oxygen atoms in total. The van der Waals surface area contributed by atoms with E-state index >= 15 is 0 Å². The summed E-state index contributed by atoms with van der Waals surface area (Å²) >= 11 is 0. The maximum Gasteiger partial charge on any atom is 0.124 e. The van der Waals surface area contributed by atoms with Crippen LogP contribution in [-0.2, 0) is 0 Å². The second kappa shape index (κ2) is 5.48. The number of aliphatic hydroxyl groups excluding tert-OH is 1. The molecule has 0 spiro atoms. The molecule has 1 aliphatic heterocycles. The number of nitrogens with zero attached hydrogens (tertiary/aromatic N) is 1. The van der Waals surface area contributed by atoms with Crippen LogP contribution in [0.1, 0.15) is 65.2 Å². The first-order valence-electron chi connectivity index (χ1n) is 7.71. The van der Waals surface area contributed by atoms with E-state index in [0.717, 1.165) is 25.8 Å². The van der Waals surface area contributed by atoms with Crippen molar-refractivity contribution in [2.24, 2.45) is 5.92 Å². The van der Waals surface area contributed by atoms with Gasteiger partial charge < -0.3 is 5.11 Å². The first-order chi connectivity index (χ1) is 8.49. The van der Waals surface area contributed by atoms with E-state index in [1.807, 2.05) is 0 Å². The van der Waals surface area contributed by atoms with Gasteiger partial charge in [0.15, 0.2) is 0 Å². The minimum absolute atomic E-state index is 0.0444. The average Bonchev–Trinajstić information content (AvgIpc) is 2.55. The fourth-order valence-electron chi connectivity index (χ4n) is 4.09. The second-order valence-electron chi connectivity index (χ2n) is 7.03. The van der Waals surface area contributed by atoms with Crippen molar-refractivity contribution in [3.05, 3.63) is 0 Å². The molecule has 0 aromatic heterocycles. The predicted molar refractivity (Wildman–Crippen MR) is 72.3 cm³/mol. The van der Waals surface area contributed by atoms with Gasteiger partial charge in [0.1, 0.15) is 18.1 Å². The predicted octanol–water partition coefficient (Wildman–Crippen LogP) is 3.10. The van der Waals surface area contributed by atoms with Gasteiger partial charge in [-0.05, 0) is 26.7 Å². The highest BCUT2D eigenvalue weighted by Gasteiger charge is 2.55. The van der Waals surface area contributed by atoms with Crippen LogP contribution in [0, 0.1) is 5.92 Å². The molecule has 0 amide bonds. The standard InChI is InChI=1S/C15H30NO2/c1-15(2)10-8-14(9-11-17)16(15,18)12-13-6-4-3-5-7-13/h13-14,17-18H,3-12H2,1-2H3/q+1. The van der Waals surface area contributed by atoms with E-state index in [1.54, 1.807) is 0 Å². The molecule has 2 unspecified atom stereocenters. The summed E-state index contributed by atoms with van der Waals surface area (Å²) in [5.41, 5.74) is -0.0444. The molecule has 2 fully saturated rings. The third-order valence-electron chi connectivity index (χ3n) is 5.47. The summed E-state index contributed by atoms with van der Waals surface area (Å²) in [4.78, 5) is 0. The van der Waals surface area contributed by atoms with Crippen LogP contribution in [0.3, 0.4) is 0 Å². The third-order valence-corrected chi connectivity index (χ3v) is 5.47. The third kappa shape index (κ3) is 2.59. The zero-order valence-corrected chi connectivity index (χ0v) is 12.1. The molecule has 0 radical (unpaired) electrons. The number of hydroxylamine groups is 3. The highest BCUT2D eigenvalue weighted by molar-refractivity contribution is 4.82. The minimum atomic E-state index is -0.0444. The molecule has 3 heteroatoms. The van der Waals surface area contributed by atoms with Gasteiger partial charge in [-0.2, -0.15) is 4.65 Å². The summed E-state index contributed by atoms with van der Waals surface area (Å²) in [5, 5.41) is 20.4. The van der Waals surface area contributed by atoms with Gasteiger partial charge in [0, 0.05) is 31.8 Å². The lowest BCUT2D eigenvalue weighted by Gasteiger charge is -2.44. The summed E-state index contributed by atoms with van der Waals surface area (Å²) < 4.78 is 0.207. The summed E-state index contributed by atoms with van der Waals surface area (Å²) in [6, 6.07) is 0.243. The number of hydrogen-bond donors (Lipinski definition) is 2. The van der Waals surface area contributed by atoms with Crippen molar-refractivity contribution in [1.29, 1.82) is 0 Å². The number of rotatable bonds is 4. The molecule has 1 saturated carbocycles. The van der Waals surface area contributed by atoms with Gasteiger partial charge in [0.2, 0.25) is 0 Å². The monoisotopic (exact) mass is 256 g/mol. The lowest BCUT2D eigenvalue weighted by atomic mass is 9.87.